The van der Waals surface area contributed by atoms with Gasteiger partial charge in [-0.2, -0.15) is 0 Å². The summed E-state index contributed by atoms with van der Waals surface area (Å²) in [6.45, 7) is 0. The van der Waals surface area contributed by atoms with Gasteiger partial charge in [0.1, 0.15) is 5.75 Å². The van der Waals surface area contributed by atoms with E-state index in [9.17, 15) is 4.79 Å². The van der Waals surface area contributed by atoms with Gasteiger partial charge in [0.15, 0.2) is 0 Å². The van der Waals surface area contributed by atoms with Gasteiger partial charge in [0, 0.05) is 24.4 Å². The third-order valence-electron chi connectivity index (χ3n) is 3.30. The molecule has 1 N–H and O–H groups in total. The molecule has 0 unspecified atom stereocenters. The predicted molar refractivity (Wildman–Crippen MR) is 89.0 cm³/mol. The van der Waals surface area contributed by atoms with Crippen molar-refractivity contribution in [3.8, 4) is 16.9 Å². The highest BCUT2D eigenvalue weighted by atomic mass is 16.5. The molecule has 0 atom stereocenters. The third kappa shape index (κ3) is 3.67. The van der Waals surface area contributed by atoms with E-state index in [2.05, 4.69) is 16.1 Å². The molecule has 2 aromatic carbocycles. The summed E-state index contributed by atoms with van der Waals surface area (Å²) in [5.41, 5.74) is 3.96. The number of anilines is 1. The lowest BCUT2D eigenvalue weighted by atomic mass is 10.0. The number of carbonyl (C=O) groups excluding carboxylic acids is 1. The van der Waals surface area contributed by atoms with Gasteiger partial charge < -0.3 is 14.8 Å². The van der Waals surface area contributed by atoms with E-state index in [0.29, 0.717) is 0 Å². The average molecular weight is 297 g/mol. The highest BCUT2D eigenvalue weighted by Gasteiger charge is 2.07. The first-order chi connectivity index (χ1) is 10.7. The molecule has 114 valence electrons. The number of hydrogen-bond donors (Lipinski definition) is 1. The van der Waals surface area contributed by atoms with E-state index in [1.807, 2.05) is 43.4 Å². The van der Waals surface area contributed by atoms with Gasteiger partial charge in [-0.1, -0.05) is 24.3 Å². The van der Waals surface area contributed by atoms with Crippen molar-refractivity contribution in [2.24, 2.45) is 0 Å². The first-order valence-electron chi connectivity index (χ1n) is 6.90. The van der Waals surface area contributed by atoms with Crippen molar-refractivity contribution in [2.75, 3.05) is 26.6 Å². The molecular weight excluding hydrogens is 278 g/mol. The van der Waals surface area contributed by atoms with Crippen LogP contribution in [0.1, 0.15) is 5.56 Å². The number of carbonyl (C=O) groups is 1. The molecule has 0 fully saturated rings. The molecule has 2 aromatic rings. The lowest BCUT2D eigenvalue weighted by Gasteiger charge is -2.11. The van der Waals surface area contributed by atoms with Gasteiger partial charge in [0.25, 0.3) is 0 Å². The topological polar surface area (TPSA) is 47.6 Å². The Hall–Kier alpha value is -2.75. The molecule has 2 rings (SSSR count). The predicted octanol–water partition coefficient (Wildman–Crippen LogP) is 3.59. The van der Waals surface area contributed by atoms with Gasteiger partial charge in [-0.05, 0) is 35.4 Å². The fourth-order valence-electron chi connectivity index (χ4n) is 2.12. The van der Waals surface area contributed by atoms with Crippen LogP contribution in [-0.4, -0.2) is 27.2 Å². The summed E-state index contributed by atoms with van der Waals surface area (Å²) < 4.78 is 10.1. The maximum absolute atomic E-state index is 11.2. The Kier molecular flexibility index (Phi) is 5.20. The second-order valence-corrected chi connectivity index (χ2v) is 4.65. The molecule has 22 heavy (non-hydrogen) atoms. The van der Waals surface area contributed by atoms with Crippen molar-refractivity contribution in [3.05, 3.63) is 54.1 Å². The number of esters is 1. The first kappa shape index (κ1) is 15.6. The van der Waals surface area contributed by atoms with Crippen LogP contribution in [-0.2, 0) is 9.53 Å². The van der Waals surface area contributed by atoms with Crippen LogP contribution in [0.2, 0.25) is 0 Å². The number of ether oxygens (including phenoxy) is 2. The summed E-state index contributed by atoms with van der Waals surface area (Å²) in [6.07, 6.45) is 3.08. The van der Waals surface area contributed by atoms with Gasteiger partial charge in [0.2, 0.25) is 0 Å². The van der Waals surface area contributed by atoms with Crippen molar-refractivity contribution >= 4 is 17.7 Å². The molecule has 0 bridgehead atoms. The van der Waals surface area contributed by atoms with Crippen molar-refractivity contribution in [1.29, 1.82) is 0 Å². The summed E-state index contributed by atoms with van der Waals surface area (Å²) in [7, 11) is 4.87. The summed E-state index contributed by atoms with van der Waals surface area (Å²) in [6, 6.07) is 13.9. The van der Waals surface area contributed by atoms with Crippen LogP contribution in [0.3, 0.4) is 0 Å². The van der Waals surface area contributed by atoms with Crippen LogP contribution in [0.25, 0.3) is 17.2 Å². The molecule has 0 saturated carbocycles. The molecule has 4 heteroatoms. The van der Waals surface area contributed by atoms with Crippen molar-refractivity contribution in [3.63, 3.8) is 0 Å². The van der Waals surface area contributed by atoms with Gasteiger partial charge in [-0.25, -0.2) is 4.79 Å². The van der Waals surface area contributed by atoms with Crippen LogP contribution in [0.5, 0.6) is 5.75 Å². The highest BCUT2D eigenvalue weighted by molar-refractivity contribution is 5.87. The van der Waals surface area contributed by atoms with Crippen molar-refractivity contribution in [2.45, 2.75) is 0 Å². The lowest BCUT2D eigenvalue weighted by Crippen LogP contribution is -1.94. The van der Waals surface area contributed by atoms with Gasteiger partial charge in [0.05, 0.1) is 14.2 Å². The first-order valence-corrected chi connectivity index (χ1v) is 6.90. The molecule has 0 aliphatic carbocycles. The van der Waals surface area contributed by atoms with Gasteiger partial charge in [-0.3, -0.25) is 0 Å². The Morgan fingerprint density at radius 1 is 1.14 bits per heavy atom. The van der Waals surface area contributed by atoms with Crippen LogP contribution < -0.4 is 10.1 Å². The van der Waals surface area contributed by atoms with E-state index in [-0.39, 0.29) is 5.97 Å². The number of rotatable bonds is 5. The Balaban J connectivity index is 2.37. The van der Waals surface area contributed by atoms with E-state index in [0.717, 1.165) is 28.1 Å². The molecular formula is C18H19NO3. The van der Waals surface area contributed by atoms with Crippen LogP contribution >= 0.6 is 0 Å². The zero-order valence-corrected chi connectivity index (χ0v) is 12.9. The molecule has 0 saturated heterocycles. The average Bonchev–Trinajstić information content (AvgIpc) is 2.59. The van der Waals surface area contributed by atoms with Crippen molar-refractivity contribution < 1.29 is 14.3 Å². The monoisotopic (exact) mass is 297 g/mol. The number of nitrogens with one attached hydrogen (secondary N) is 1. The number of benzene rings is 2. The molecule has 0 spiro atoms. The van der Waals surface area contributed by atoms with E-state index < -0.39 is 0 Å². The van der Waals surface area contributed by atoms with Crippen LogP contribution in [0.15, 0.2) is 48.5 Å². The summed E-state index contributed by atoms with van der Waals surface area (Å²) in [4.78, 5) is 11.2. The Labute approximate surface area is 130 Å². The highest BCUT2D eigenvalue weighted by Crippen LogP contribution is 2.32. The van der Waals surface area contributed by atoms with Crippen LogP contribution in [0, 0.1) is 0 Å². The zero-order chi connectivity index (χ0) is 15.9. The van der Waals surface area contributed by atoms with E-state index in [4.69, 9.17) is 4.74 Å². The van der Waals surface area contributed by atoms with Crippen LogP contribution in [0.4, 0.5) is 5.69 Å². The Morgan fingerprint density at radius 3 is 2.64 bits per heavy atom. The number of methoxy groups -OCH3 is 2. The standard InChI is InChI=1S/C18H19NO3/c1-19-15-6-4-5-14(12-15)16-9-7-13(11-17(16)21-2)8-10-18(20)22-3/h4-12,19H,1-3H3/b10-8+. The maximum Gasteiger partial charge on any atom is 0.330 e. The minimum absolute atomic E-state index is 0.384. The maximum atomic E-state index is 11.2. The third-order valence-corrected chi connectivity index (χ3v) is 3.30. The summed E-state index contributed by atoms with van der Waals surface area (Å²) in [5, 5.41) is 3.12. The Bertz CT molecular complexity index is 692. The Morgan fingerprint density at radius 2 is 1.95 bits per heavy atom. The molecule has 0 aliphatic rings. The zero-order valence-electron chi connectivity index (χ0n) is 12.9. The lowest BCUT2D eigenvalue weighted by molar-refractivity contribution is -0.134. The minimum Gasteiger partial charge on any atom is -0.496 e. The second-order valence-electron chi connectivity index (χ2n) is 4.65. The fraction of sp³-hybridized carbons (Fsp3) is 0.167. The second kappa shape index (κ2) is 7.31. The molecule has 4 nitrogen and oxygen atoms in total. The largest absolute Gasteiger partial charge is 0.496 e. The summed E-state index contributed by atoms with van der Waals surface area (Å²) in [5.74, 6) is 0.366. The van der Waals surface area contributed by atoms with E-state index in [1.165, 1.54) is 13.2 Å². The quantitative estimate of drug-likeness (QED) is 0.677. The number of hydrogen-bond acceptors (Lipinski definition) is 4. The molecule has 0 radical (unpaired) electrons. The van der Waals surface area contributed by atoms with E-state index in [1.54, 1.807) is 13.2 Å². The van der Waals surface area contributed by atoms with Gasteiger partial charge in [-0.15, -0.1) is 0 Å². The minimum atomic E-state index is -0.384. The normalized spacial score (nSPS) is 10.5. The molecule has 0 heterocycles. The molecule has 0 amide bonds. The fourth-order valence-corrected chi connectivity index (χ4v) is 2.12. The smallest absolute Gasteiger partial charge is 0.330 e. The van der Waals surface area contributed by atoms with Gasteiger partial charge >= 0.3 is 5.97 Å². The summed E-state index contributed by atoms with van der Waals surface area (Å²) >= 11 is 0. The SMILES string of the molecule is CNc1cccc(-c2ccc(/C=C/C(=O)OC)cc2OC)c1. The molecule has 0 aromatic heterocycles. The van der Waals surface area contributed by atoms with E-state index >= 15 is 0 Å². The van der Waals surface area contributed by atoms with Crippen molar-refractivity contribution in [1.82, 2.24) is 0 Å². The molecule has 0 aliphatic heterocycles.